The first-order valence-electron chi connectivity index (χ1n) is 18.4. The van der Waals surface area contributed by atoms with E-state index in [0.29, 0.717) is 17.4 Å². The van der Waals surface area contributed by atoms with Gasteiger partial charge in [-0.15, -0.1) is 0 Å². The highest BCUT2D eigenvalue weighted by molar-refractivity contribution is 7.45. The molecule has 0 heterocycles. The minimum atomic E-state index is -4.61. The molecule has 46 heavy (non-hydrogen) atoms. The average molecular weight is 676 g/mol. The van der Waals surface area contributed by atoms with Crippen LogP contribution in [0.15, 0.2) is 12.2 Å². The maximum atomic E-state index is 12.6. The molecule has 272 valence electrons. The van der Waals surface area contributed by atoms with Crippen molar-refractivity contribution in [3.05, 3.63) is 12.2 Å². The number of quaternary nitrogens is 1. The molecule has 0 bridgehead atoms. The van der Waals surface area contributed by atoms with Gasteiger partial charge in [0.1, 0.15) is 19.8 Å². The monoisotopic (exact) mass is 675 g/mol. The zero-order chi connectivity index (χ0) is 34.4. The minimum absolute atomic E-state index is 0.0299. The van der Waals surface area contributed by atoms with Crippen LogP contribution in [-0.2, 0) is 32.7 Å². The van der Waals surface area contributed by atoms with Gasteiger partial charge in [-0.25, -0.2) is 0 Å². The zero-order valence-electron chi connectivity index (χ0n) is 30.3. The van der Waals surface area contributed by atoms with E-state index in [1.54, 1.807) is 0 Å². The highest BCUT2D eigenvalue weighted by Crippen LogP contribution is 2.38. The minimum Gasteiger partial charge on any atom is -0.756 e. The normalized spacial score (nSPS) is 14.0. The van der Waals surface area contributed by atoms with Crippen molar-refractivity contribution in [2.75, 3.05) is 47.5 Å². The third kappa shape index (κ3) is 32.7. The Bertz CT molecular complexity index is 814. The molecule has 0 aliphatic heterocycles. The van der Waals surface area contributed by atoms with Crippen LogP contribution >= 0.6 is 7.82 Å². The first kappa shape index (κ1) is 44.8. The molecule has 0 radical (unpaired) electrons. The van der Waals surface area contributed by atoms with Crippen molar-refractivity contribution in [2.45, 2.75) is 161 Å². The molecule has 0 N–H and O–H groups in total. The Labute approximate surface area is 282 Å². The van der Waals surface area contributed by atoms with Crippen LogP contribution in [0.1, 0.15) is 155 Å². The zero-order valence-corrected chi connectivity index (χ0v) is 31.2. The van der Waals surface area contributed by atoms with Crippen molar-refractivity contribution in [1.29, 1.82) is 0 Å². The van der Waals surface area contributed by atoms with Gasteiger partial charge in [-0.3, -0.25) is 14.2 Å². The predicted octanol–water partition coefficient (Wildman–Crippen LogP) is 8.83. The Hall–Kier alpha value is -1.25. The summed E-state index contributed by atoms with van der Waals surface area (Å²) in [6.45, 7) is 4.16. The van der Waals surface area contributed by atoms with Gasteiger partial charge in [0, 0.05) is 12.8 Å². The molecule has 0 aromatic heterocycles. The number of ether oxygens (including phenoxy) is 2. The van der Waals surface area contributed by atoms with E-state index in [2.05, 4.69) is 26.0 Å². The van der Waals surface area contributed by atoms with Gasteiger partial charge in [-0.1, -0.05) is 116 Å². The maximum Gasteiger partial charge on any atom is 0.306 e. The number of carbonyl (C=O) groups is 2. The molecule has 0 rings (SSSR count). The lowest BCUT2D eigenvalue weighted by Gasteiger charge is -2.28. The number of unbranched alkanes of at least 4 members (excludes halogenated alkanes) is 17. The number of phosphoric acid groups is 1. The summed E-state index contributed by atoms with van der Waals surface area (Å²) in [6, 6.07) is 0. The van der Waals surface area contributed by atoms with Crippen molar-refractivity contribution >= 4 is 19.8 Å². The lowest BCUT2D eigenvalue weighted by atomic mass is 10.1. The number of allylic oxidation sites excluding steroid dienone is 2. The Morgan fingerprint density at radius 2 is 1.11 bits per heavy atom. The van der Waals surface area contributed by atoms with E-state index in [1.807, 2.05) is 21.1 Å². The molecule has 9 nitrogen and oxygen atoms in total. The summed E-state index contributed by atoms with van der Waals surface area (Å²) in [5.74, 6) is -0.845. The van der Waals surface area contributed by atoms with Gasteiger partial charge in [-0.2, -0.15) is 0 Å². The third-order valence-corrected chi connectivity index (χ3v) is 8.75. The summed E-state index contributed by atoms with van der Waals surface area (Å²) < 4.78 is 33.6. The molecule has 0 saturated carbocycles. The van der Waals surface area contributed by atoms with Gasteiger partial charge in [0.15, 0.2) is 6.10 Å². The molecular weight excluding hydrogens is 605 g/mol. The lowest BCUT2D eigenvalue weighted by molar-refractivity contribution is -0.870. The van der Waals surface area contributed by atoms with Gasteiger partial charge < -0.3 is 27.9 Å². The molecule has 0 aliphatic rings. The highest BCUT2D eigenvalue weighted by Gasteiger charge is 2.21. The van der Waals surface area contributed by atoms with Crippen molar-refractivity contribution in [3.8, 4) is 0 Å². The largest absolute Gasteiger partial charge is 0.756 e. The molecule has 0 amide bonds. The fourth-order valence-corrected chi connectivity index (χ4v) is 5.55. The predicted molar refractivity (Wildman–Crippen MR) is 185 cm³/mol. The van der Waals surface area contributed by atoms with E-state index in [-0.39, 0.29) is 32.0 Å². The van der Waals surface area contributed by atoms with Crippen molar-refractivity contribution in [3.63, 3.8) is 0 Å². The van der Waals surface area contributed by atoms with Crippen LogP contribution in [-0.4, -0.2) is 70.0 Å². The smallest absolute Gasteiger partial charge is 0.306 e. The summed E-state index contributed by atoms with van der Waals surface area (Å²) >= 11 is 0. The number of phosphoric ester groups is 1. The molecule has 0 aromatic rings. The number of esters is 2. The highest BCUT2D eigenvalue weighted by atomic mass is 31.2. The Morgan fingerprint density at radius 1 is 0.652 bits per heavy atom. The third-order valence-electron chi connectivity index (χ3n) is 7.79. The van der Waals surface area contributed by atoms with E-state index in [1.165, 1.54) is 64.2 Å². The lowest BCUT2D eigenvalue weighted by Crippen LogP contribution is -2.37. The Morgan fingerprint density at radius 3 is 1.65 bits per heavy atom. The van der Waals surface area contributed by atoms with Crippen molar-refractivity contribution < 1.29 is 42.1 Å². The summed E-state index contributed by atoms with van der Waals surface area (Å²) in [5.41, 5.74) is 0. The molecule has 2 atom stereocenters. The number of hydrogen-bond donors (Lipinski definition) is 0. The van der Waals surface area contributed by atoms with Gasteiger partial charge in [0.05, 0.1) is 27.7 Å². The van der Waals surface area contributed by atoms with Crippen molar-refractivity contribution in [2.24, 2.45) is 0 Å². The van der Waals surface area contributed by atoms with E-state index in [9.17, 15) is 19.0 Å². The second-order valence-corrected chi connectivity index (χ2v) is 15.0. The molecule has 1 unspecified atom stereocenters. The maximum absolute atomic E-state index is 12.6. The summed E-state index contributed by atoms with van der Waals surface area (Å²) in [5, 5.41) is 0. The van der Waals surface area contributed by atoms with Crippen LogP contribution in [0.3, 0.4) is 0 Å². The van der Waals surface area contributed by atoms with Crippen LogP contribution in [0, 0.1) is 0 Å². The number of nitrogens with zero attached hydrogens (tertiary/aromatic N) is 1. The Balaban J connectivity index is 4.48. The van der Waals surface area contributed by atoms with Crippen LogP contribution in [0.2, 0.25) is 0 Å². The summed E-state index contributed by atoms with van der Waals surface area (Å²) in [7, 11) is 1.16. The van der Waals surface area contributed by atoms with Crippen LogP contribution in [0.25, 0.3) is 0 Å². The SMILES string of the molecule is CCCCC/C=C\CCCCCCCC(=O)O[C@H](COC(=O)CCCCCCCCCCCC)COP(=O)([O-])OCC[N+](C)(C)C. The van der Waals surface area contributed by atoms with Crippen LogP contribution < -0.4 is 4.89 Å². The van der Waals surface area contributed by atoms with Gasteiger partial charge in [-0.05, 0) is 38.5 Å². The van der Waals surface area contributed by atoms with E-state index >= 15 is 0 Å². The standard InChI is InChI=1S/C36H70NO8P/c1-6-8-10-12-14-16-18-19-21-23-25-27-29-36(39)45-34(33-44-46(40,41)43-31-30-37(3,4)5)32-42-35(38)28-26-24-22-20-17-15-13-11-9-7-2/h14,16,34H,6-13,15,17-33H2,1-5H3/b16-14-/t34-/m1/s1. The summed E-state index contributed by atoms with van der Waals surface area (Å²) in [6.07, 6.45) is 26.7. The van der Waals surface area contributed by atoms with Gasteiger partial charge in [0.25, 0.3) is 7.82 Å². The molecule has 0 aromatic carbocycles. The van der Waals surface area contributed by atoms with Gasteiger partial charge in [0.2, 0.25) is 0 Å². The van der Waals surface area contributed by atoms with Crippen LogP contribution in [0.4, 0.5) is 0 Å². The van der Waals surface area contributed by atoms with E-state index < -0.39 is 26.5 Å². The topological polar surface area (TPSA) is 111 Å². The Kier molecular flexibility index (Phi) is 29.0. The van der Waals surface area contributed by atoms with Crippen molar-refractivity contribution in [1.82, 2.24) is 0 Å². The number of rotatable bonds is 33. The fraction of sp³-hybridized carbons (Fsp3) is 0.889. The molecule has 0 fully saturated rings. The van der Waals surface area contributed by atoms with Gasteiger partial charge >= 0.3 is 11.9 Å². The summed E-state index contributed by atoms with van der Waals surface area (Å²) in [4.78, 5) is 37.2. The second-order valence-electron chi connectivity index (χ2n) is 13.6. The fourth-order valence-electron chi connectivity index (χ4n) is 4.82. The molecule has 10 heteroatoms. The molecule has 0 saturated heterocycles. The molecular formula is C36H70NO8P. The average Bonchev–Trinajstić information content (AvgIpc) is 2.99. The van der Waals surface area contributed by atoms with E-state index in [0.717, 1.165) is 57.8 Å². The number of hydrogen-bond acceptors (Lipinski definition) is 8. The molecule has 0 spiro atoms. The second kappa shape index (κ2) is 29.9. The molecule has 0 aliphatic carbocycles. The first-order valence-corrected chi connectivity index (χ1v) is 19.9. The van der Waals surface area contributed by atoms with Crippen LogP contribution in [0.5, 0.6) is 0 Å². The van der Waals surface area contributed by atoms with E-state index in [4.69, 9.17) is 18.5 Å². The number of carbonyl (C=O) groups excluding carboxylic acids is 2. The first-order chi connectivity index (χ1) is 22.0. The quantitative estimate of drug-likeness (QED) is 0.0223. The number of likely N-dealkylation sites (N-methyl/N-ethyl adjacent to an activating group) is 1.